The number of amides is 1. The van der Waals surface area contributed by atoms with E-state index in [-0.39, 0.29) is 17.2 Å². The van der Waals surface area contributed by atoms with Crippen LogP contribution in [0.25, 0.3) is 0 Å². The molecule has 0 saturated heterocycles. The molecular formula is C15H12N3O4-. The number of carbonyl (C=O) groups excluding carboxylic acids is 1. The third-order valence-corrected chi connectivity index (χ3v) is 2.66. The quantitative estimate of drug-likeness (QED) is 0.844. The number of rotatable bonds is 4. The molecule has 0 aliphatic heterocycles. The first-order valence-electron chi connectivity index (χ1n) is 6.29. The van der Waals surface area contributed by atoms with E-state index >= 15 is 0 Å². The summed E-state index contributed by atoms with van der Waals surface area (Å²) in [5, 5.41) is 30.6. The Balaban J connectivity index is 2.16. The zero-order valence-corrected chi connectivity index (χ0v) is 11.6. The highest BCUT2D eigenvalue weighted by Gasteiger charge is 2.04. The van der Waals surface area contributed by atoms with Gasteiger partial charge in [-0.3, -0.25) is 4.79 Å². The van der Waals surface area contributed by atoms with Gasteiger partial charge >= 0.3 is 5.97 Å². The van der Waals surface area contributed by atoms with E-state index in [1.165, 1.54) is 19.1 Å². The molecule has 0 heterocycles. The Kier molecular flexibility index (Phi) is 4.47. The molecule has 0 unspecified atom stereocenters. The van der Waals surface area contributed by atoms with Crippen LogP contribution in [-0.2, 0) is 4.79 Å². The predicted molar refractivity (Wildman–Crippen MR) is 77.8 cm³/mol. The third-order valence-electron chi connectivity index (χ3n) is 2.66. The van der Waals surface area contributed by atoms with Crippen molar-refractivity contribution >= 4 is 28.9 Å². The maximum atomic E-state index is 11.3. The van der Waals surface area contributed by atoms with Gasteiger partial charge < -0.3 is 15.5 Å². The molecule has 0 aromatic heterocycles. The van der Waals surface area contributed by atoms with Crippen molar-refractivity contribution in [3.05, 3.63) is 48.0 Å². The lowest BCUT2D eigenvalue weighted by Crippen LogP contribution is -2.04. The highest BCUT2D eigenvalue weighted by atomic mass is 16.4. The van der Waals surface area contributed by atoms with Gasteiger partial charge in [0.05, 0.1) is 16.9 Å². The van der Waals surface area contributed by atoms with Gasteiger partial charge in [-0.25, -0.2) is 4.79 Å². The van der Waals surface area contributed by atoms with Crippen LogP contribution in [0.3, 0.4) is 0 Å². The number of carbonyl (C=O) groups is 2. The molecule has 7 nitrogen and oxygen atoms in total. The molecule has 0 bridgehead atoms. The van der Waals surface area contributed by atoms with Crippen molar-refractivity contribution in [1.29, 1.82) is 0 Å². The molecule has 0 spiro atoms. The molecule has 2 aromatic rings. The topological polar surface area (TPSA) is 114 Å². The number of anilines is 1. The van der Waals surface area contributed by atoms with Crippen LogP contribution in [0.1, 0.15) is 17.3 Å². The van der Waals surface area contributed by atoms with Crippen LogP contribution in [0.15, 0.2) is 52.7 Å². The molecule has 7 heteroatoms. The van der Waals surface area contributed by atoms with Gasteiger partial charge in [-0.2, -0.15) is 10.2 Å². The molecular weight excluding hydrogens is 286 g/mol. The SMILES string of the molecule is CC(=O)Nc1ccc(N=Nc2ccc([O-])c(C(=O)O)c2)cc1. The molecule has 22 heavy (non-hydrogen) atoms. The lowest BCUT2D eigenvalue weighted by molar-refractivity contribution is -0.268. The van der Waals surface area contributed by atoms with Crippen LogP contribution in [0.2, 0.25) is 0 Å². The average molecular weight is 298 g/mol. The number of carboxylic acids is 1. The summed E-state index contributed by atoms with van der Waals surface area (Å²) in [7, 11) is 0. The van der Waals surface area contributed by atoms with Gasteiger partial charge in [-0.1, -0.05) is 11.8 Å². The molecule has 0 radical (unpaired) electrons. The number of azo groups is 1. The lowest BCUT2D eigenvalue weighted by Gasteiger charge is -2.09. The third kappa shape index (κ3) is 3.89. The first kappa shape index (κ1) is 15.2. The van der Waals surface area contributed by atoms with Gasteiger partial charge in [0.25, 0.3) is 0 Å². The molecule has 112 valence electrons. The highest BCUT2D eigenvalue weighted by Crippen LogP contribution is 2.24. The van der Waals surface area contributed by atoms with E-state index in [0.717, 1.165) is 6.07 Å². The molecule has 0 fully saturated rings. The smallest absolute Gasteiger partial charge is 0.335 e. The van der Waals surface area contributed by atoms with Gasteiger partial charge in [0, 0.05) is 12.6 Å². The monoisotopic (exact) mass is 298 g/mol. The van der Waals surface area contributed by atoms with Crippen molar-refractivity contribution < 1.29 is 19.8 Å². The van der Waals surface area contributed by atoms with E-state index < -0.39 is 11.7 Å². The van der Waals surface area contributed by atoms with Crippen LogP contribution in [0, 0.1) is 0 Å². The number of benzene rings is 2. The van der Waals surface area contributed by atoms with E-state index in [9.17, 15) is 14.7 Å². The van der Waals surface area contributed by atoms with Gasteiger partial charge in [0.1, 0.15) is 0 Å². The molecule has 0 saturated carbocycles. The number of carboxylic acid groups (broad SMARTS) is 1. The van der Waals surface area contributed by atoms with Crippen molar-refractivity contribution in [2.75, 3.05) is 5.32 Å². The fourth-order valence-electron chi connectivity index (χ4n) is 1.68. The second kappa shape index (κ2) is 6.49. The normalized spacial score (nSPS) is 10.6. The minimum atomic E-state index is -1.30. The Morgan fingerprint density at radius 2 is 1.64 bits per heavy atom. The Labute approximate surface area is 125 Å². The summed E-state index contributed by atoms with van der Waals surface area (Å²) in [6, 6.07) is 10.3. The fraction of sp³-hybridized carbons (Fsp3) is 0.0667. The average Bonchev–Trinajstić information content (AvgIpc) is 2.47. The Hall–Kier alpha value is -3.22. The van der Waals surface area contributed by atoms with Crippen LogP contribution in [0.5, 0.6) is 5.75 Å². The Morgan fingerprint density at radius 3 is 2.23 bits per heavy atom. The highest BCUT2D eigenvalue weighted by molar-refractivity contribution is 5.91. The van der Waals surface area contributed by atoms with Crippen molar-refractivity contribution in [3.8, 4) is 5.75 Å². The number of nitrogens with one attached hydrogen (secondary N) is 1. The van der Waals surface area contributed by atoms with Gasteiger partial charge in [0.2, 0.25) is 5.91 Å². The number of hydrogen-bond acceptors (Lipinski definition) is 5. The van der Waals surface area contributed by atoms with Crippen molar-refractivity contribution in [3.63, 3.8) is 0 Å². The summed E-state index contributed by atoms with van der Waals surface area (Å²) >= 11 is 0. The van der Waals surface area contributed by atoms with Crippen molar-refractivity contribution in [2.24, 2.45) is 10.2 Å². The lowest BCUT2D eigenvalue weighted by atomic mass is 10.2. The zero-order chi connectivity index (χ0) is 16.1. The molecule has 2 N–H and O–H groups in total. The Bertz CT molecular complexity index is 739. The van der Waals surface area contributed by atoms with E-state index in [2.05, 4.69) is 15.5 Å². The van der Waals surface area contributed by atoms with Crippen LogP contribution >= 0.6 is 0 Å². The van der Waals surface area contributed by atoms with Crippen LogP contribution < -0.4 is 10.4 Å². The van der Waals surface area contributed by atoms with E-state index in [4.69, 9.17) is 5.11 Å². The van der Waals surface area contributed by atoms with Crippen molar-refractivity contribution in [1.82, 2.24) is 0 Å². The molecule has 0 atom stereocenters. The maximum Gasteiger partial charge on any atom is 0.335 e. The van der Waals surface area contributed by atoms with E-state index in [1.54, 1.807) is 24.3 Å². The Morgan fingerprint density at radius 1 is 1.05 bits per heavy atom. The molecule has 1 amide bonds. The number of aromatic carboxylic acids is 1. The number of nitrogens with zero attached hydrogens (tertiary/aromatic N) is 2. The van der Waals surface area contributed by atoms with Gasteiger partial charge in [0.15, 0.2) is 0 Å². The van der Waals surface area contributed by atoms with E-state index in [1.807, 2.05) is 0 Å². The van der Waals surface area contributed by atoms with Gasteiger partial charge in [-0.05, 0) is 36.4 Å². The molecule has 2 aromatic carbocycles. The summed E-state index contributed by atoms with van der Waals surface area (Å²) in [6.45, 7) is 1.41. The van der Waals surface area contributed by atoms with Crippen LogP contribution in [-0.4, -0.2) is 17.0 Å². The van der Waals surface area contributed by atoms with Crippen molar-refractivity contribution in [2.45, 2.75) is 6.92 Å². The zero-order valence-electron chi connectivity index (χ0n) is 11.6. The number of hydrogen-bond donors (Lipinski definition) is 2. The van der Waals surface area contributed by atoms with Crippen LogP contribution in [0.4, 0.5) is 17.1 Å². The second-order valence-corrected chi connectivity index (χ2v) is 4.41. The van der Waals surface area contributed by atoms with Gasteiger partial charge in [-0.15, -0.1) is 0 Å². The maximum absolute atomic E-state index is 11.3. The molecule has 0 aliphatic rings. The minimum absolute atomic E-state index is 0.173. The molecule has 0 aliphatic carbocycles. The van der Waals surface area contributed by atoms with E-state index in [0.29, 0.717) is 11.4 Å². The summed E-state index contributed by atoms with van der Waals surface area (Å²) in [4.78, 5) is 21.8. The fourth-order valence-corrected chi connectivity index (χ4v) is 1.68. The molecule has 2 rings (SSSR count). The predicted octanol–water partition coefficient (Wildman–Crippen LogP) is 2.83. The first-order valence-corrected chi connectivity index (χ1v) is 6.29. The first-order chi connectivity index (χ1) is 10.5. The summed E-state index contributed by atoms with van der Waals surface area (Å²) in [5.74, 6) is -2.05. The second-order valence-electron chi connectivity index (χ2n) is 4.41. The summed E-state index contributed by atoms with van der Waals surface area (Å²) in [5.41, 5.74) is 1.08. The summed E-state index contributed by atoms with van der Waals surface area (Å²) in [6.07, 6.45) is 0. The standard InChI is InChI=1S/C15H13N3O4/c1-9(19)16-10-2-4-11(5-3-10)17-18-12-6-7-14(20)13(8-12)15(21)22/h2-8,20H,1H3,(H,16,19)(H,21,22)/p-1. The summed E-state index contributed by atoms with van der Waals surface area (Å²) < 4.78 is 0. The minimum Gasteiger partial charge on any atom is -0.872 e. The largest absolute Gasteiger partial charge is 0.872 e.